The minimum atomic E-state index is 0.145. The Morgan fingerprint density at radius 1 is 1.64 bits per heavy atom. The molecule has 0 aromatic carbocycles. The SMILES string of the molecule is Cc1ncc(C#N)cc1C(=O)C1CC1. The number of pyridine rings is 1. The smallest absolute Gasteiger partial charge is 0.167 e. The van der Waals surface area contributed by atoms with E-state index in [4.69, 9.17) is 5.26 Å². The van der Waals surface area contributed by atoms with Crippen LogP contribution in [0.25, 0.3) is 0 Å². The lowest BCUT2D eigenvalue weighted by atomic mass is 10.0. The molecule has 0 unspecified atom stereocenters. The molecule has 0 saturated heterocycles. The average Bonchev–Trinajstić information content (AvgIpc) is 3.01. The summed E-state index contributed by atoms with van der Waals surface area (Å²) in [4.78, 5) is 15.8. The molecule has 70 valence electrons. The maximum Gasteiger partial charge on any atom is 0.167 e. The second-order valence-electron chi connectivity index (χ2n) is 3.61. The fourth-order valence-corrected chi connectivity index (χ4v) is 1.41. The van der Waals surface area contributed by atoms with Crippen molar-refractivity contribution in [1.82, 2.24) is 4.98 Å². The fourth-order valence-electron chi connectivity index (χ4n) is 1.41. The molecular formula is C11H10N2O. The number of nitriles is 1. The van der Waals surface area contributed by atoms with Gasteiger partial charge in [0.1, 0.15) is 6.07 Å². The minimum absolute atomic E-state index is 0.145. The third kappa shape index (κ3) is 1.51. The highest BCUT2D eigenvalue weighted by Crippen LogP contribution is 2.33. The van der Waals surface area contributed by atoms with Crippen LogP contribution in [0.15, 0.2) is 12.3 Å². The van der Waals surface area contributed by atoms with Crippen molar-refractivity contribution < 1.29 is 4.79 Å². The Labute approximate surface area is 82.4 Å². The highest BCUT2D eigenvalue weighted by molar-refractivity contribution is 6.00. The summed E-state index contributed by atoms with van der Waals surface area (Å²) in [6.07, 6.45) is 3.46. The lowest BCUT2D eigenvalue weighted by Crippen LogP contribution is -2.05. The van der Waals surface area contributed by atoms with Gasteiger partial charge in [0.25, 0.3) is 0 Å². The number of carbonyl (C=O) groups is 1. The van der Waals surface area contributed by atoms with Crippen LogP contribution >= 0.6 is 0 Å². The number of aromatic nitrogens is 1. The summed E-state index contributed by atoms with van der Waals surface area (Å²) >= 11 is 0. The van der Waals surface area contributed by atoms with E-state index in [0.29, 0.717) is 11.1 Å². The van der Waals surface area contributed by atoms with E-state index in [-0.39, 0.29) is 11.7 Å². The highest BCUT2D eigenvalue weighted by Gasteiger charge is 2.31. The van der Waals surface area contributed by atoms with E-state index in [1.165, 1.54) is 6.20 Å². The predicted molar refractivity (Wildman–Crippen MR) is 50.7 cm³/mol. The molecule has 0 spiro atoms. The molecule has 3 nitrogen and oxygen atoms in total. The Bertz CT molecular complexity index is 427. The van der Waals surface area contributed by atoms with Crippen LogP contribution in [0.3, 0.4) is 0 Å². The van der Waals surface area contributed by atoms with Gasteiger partial charge in [0.15, 0.2) is 5.78 Å². The van der Waals surface area contributed by atoms with Gasteiger partial charge in [0.2, 0.25) is 0 Å². The zero-order valence-corrected chi connectivity index (χ0v) is 7.95. The van der Waals surface area contributed by atoms with Gasteiger partial charge in [-0.2, -0.15) is 5.26 Å². The van der Waals surface area contributed by atoms with Gasteiger partial charge in [0, 0.05) is 23.4 Å². The van der Waals surface area contributed by atoms with Gasteiger partial charge in [-0.15, -0.1) is 0 Å². The molecule has 1 aromatic rings. The van der Waals surface area contributed by atoms with Crippen molar-refractivity contribution in [2.24, 2.45) is 5.92 Å². The van der Waals surface area contributed by atoms with E-state index < -0.39 is 0 Å². The number of nitrogens with zero attached hydrogens (tertiary/aromatic N) is 2. The molecule has 0 amide bonds. The Kier molecular flexibility index (Phi) is 2.05. The molecule has 1 aromatic heterocycles. The molecule has 2 rings (SSSR count). The van der Waals surface area contributed by atoms with Crippen LogP contribution < -0.4 is 0 Å². The van der Waals surface area contributed by atoms with Crippen molar-refractivity contribution in [1.29, 1.82) is 5.26 Å². The molecule has 1 heterocycles. The number of rotatable bonds is 2. The molecule has 1 fully saturated rings. The number of ketones is 1. The summed E-state index contributed by atoms with van der Waals surface area (Å²) in [6, 6.07) is 3.64. The number of hydrogen-bond acceptors (Lipinski definition) is 3. The highest BCUT2D eigenvalue weighted by atomic mass is 16.1. The molecule has 0 aliphatic heterocycles. The summed E-state index contributed by atoms with van der Waals surface area (Å²) in [5, 5.41) is 8.69. The zero-order chi connectivity index (χ0) is 10.1. The molecule has 1 aliphatic rings. The minimum Gasteiger partial charge on any atom is -0.294 e. The van der Waals surface area contributed by atoms with E-state index in [2.05, 4.69) is 4.98 Å². The monoisotopic (exact) mass is 186 g/mol. The standard InChI is InChI=1S/C11H10N2O/c1-7-10(11(14)9-2-3-9)4-8(5-12)6-13-7/h4,6,9H,2-3H2,1H3. The third-order valence-corrected chi connectivity index (χ3v) is 2.43. The van der Waals surface area contributed by atoms with Crippen molar-refractivity contribution in [2.75, 3.05) is 0 Å². The predicted octanol–water partition coefficient (Wildman–Crippen LogP) is 1.85. The van der Waals surface area contributed by atoms with Gasteiger partial charge < -0.3 is 0 Å². The van der Waals surface area contributed by atoms with Crippen LogP contribution in [0.5, 0.6) is 0 Å². The van der Waals surface area contributed by atoms with Crippen LogP contribution in [0.4, 0.5) is 0 Å². The summed E-state index contributed by atoms with van der Waals surface area (Å²) in [6.45, 7) is 1.80. The lowest BCUT2D eigenvalue weighted by molar-refractivity contribution is 0.0966. The third-order valence-electron chi connectivity index (χ3n) is 2.43. The van der Waals surface area contributed by atoms with Crippen LogP contribution in [0, 0.1) is 24.2 Å². The van der Waals surface area contributed by atoms with Crippen LogP contribution in [0.2, 0.25) is 0 Å². The van der Waals surface area contributed by atoms with E-state index >= 15 is 0 Å². The van der Waals surface area contributed by atoms with Gasteiger partial charge in [0.05, 0.1) is 5.56 Å². The maximum atomic E-state index is 11.7. The van der Waals surface area contributed by atoms with Crippen LogP contribution in [0.1, 0.15) is 34.5 Å². The number of carbonyl (C=O) groups excluding carboxylic acids is 1. The second kappa shape index (κ2) is 3.22. The Hall–Kier alpha value is -1.69. The largest absolute Gasteiger partial charge is 0.294 e. The lowest BCUT2D eigenvalue weighted by Gasteiger charge is -2.02. The molecule has 1 aliphatic carbocycles. The molecule has 0 radical (unpaired) electrons. The summed E-state index contributed by atoms with van der Waals surface area (Å²) in [7, 11) is 0. The second-order valence-corrected chi connectivity index (χ2v) is 3.61. The molecule has 3 heteroatoms. The van der Waals surface area contributed by atoms with Crippen molar-refractivity contribution in [3.63, 3.8) is 0 Å². The number of Topliss-reactive ketones (excluding diaryl/α,β-unsaturated/α-hetero) is 1. The van der Waals surface area contributed by atoms with Gasteiger partial charge in [-0.25, -0.2) is 0 Å². The first-order valence-electron chi connectivity index (χ1n) is 4.63. The van der Waals surface area contributed by atoms with Gasteiger partial charge >= 0.3 is 0 Å². The van der Waals surface area contributed by atoms with Gasteiger partial charge in [-0.1, -0.05) is 0 Å². The molecular weight excluding hydrogens is 176 g/mol. The summed E-state index contributed by atoms with van der Waals surface area (Å²) in [5.41, 5.74) is 1.80. The van der Waals surface area contributed by atoms with Crippen LogP contribution in [-0.4, -0.2) is 10.8 Å². The van der Waals surface area contributed by atoms with Crippen LogP contribution in [-0.2, 0) is 0 Å². The number of hydrogen-bond donors (Lipinski definition) is 0. The summed E-state index contributed by atoms with van der Waals surface area (Å²) < 4.78 is 0. The Morgan fingerprint density at radius 3 is 2.93 bits per heavy atom. The maximum absolute atomic E-state index is 11.7. The van der Waals surface area contributed by atoms with E-state index in [9.17, 15) is 4.79 Å². The quantitative estimate of drug-likeness (QED) is 0.662. The fraction of sp³-hybridized carbons (Fsp3) is 0.364. The first-order chi connectivity index (χ1) is 6.72. The van der Waals surface area contributed by atoms with Crippen molar-refractivity contribution in [2.45, 2.75) is 19.8 Å². The van der Waals surface area contributed by atoms with E-state index in [1.807, 2.05) is 6.07 Å². The Balaban J connectivity index is 2.40. The normalized spacial score (nSPS) is 14.9. The van der Waals surface area contributed by atoms with Gasteiger partial charge in [-0.05, 0) is 25.8 Å². The van der Waals surface area contributed by atoms with Crippen molar-refractivity contribution in [3.05, 3.63) is 29.1 Å². The molecule has 0 N–H and O–H groups in total. The Morgan fingerprint density at radius 2 is 2.36 bits per heavy atom. The molecule has 0 atom stereocenters. The molecule has 1 saturated carbocycles. The summed E-state index contributed by atoms with van der Waals surface area (Å²) in [5.74, 6) is 0.330. The van der Waals surface area contributed by atoms with E-state index in [0.717, 1.165) is 18.5 Å². The van der Waals surface area contributed by atoms with E-state index in [1.54, 1.807) is 13.0 Å². The van der Waals surface area contributed by atoms with Gasteiger partial charge in [-0.3, -0.25) is 9.78 Å². The molecule has 0 bridgehead atoms. The molecule has 14 heavy (non-hydrogen) atoms. The average molecular weight is 186 g/mol. The first-order valence-corrected chi connectivity index (χ1v) is 4.63. The van der Waals surface area contributed by atoms with Crippen molar-refractivity contribution >= 4 is 5.78 Å². The number of aryl methyl sites for hydroxylation is 1. The first kappa shape index (κ1) is 8.89. The van der Waals surface area contributed by atoms with Crippen molar-refractivity contribution in [3.8, 4) is 6.07 Å². The zero-order valence-electron chi connectivity index (χ0n) is 7.95. The topological polar surface area (TPSA) is 53.8 Å².